The molecule has 2 aromatic rings. The van der Waals surface area contributed by atoms with Crippen molar-refractivity contribution in [2.24, 2.45) is 5.92 Å². The highest BCUT2D eigenvalue weighted by Gasteiger charge is 2.12. The van der Waals surface area contributed by atoms with Crippen molar-refractivity contribution in [3.63, 3.8) is 0 Å². The van der Waals surface area contributed by atoms with Crippen LogP contribution in [0.4, 0.5) is 0 Å². The van der Waals surface area contributed by atoms with Gasteiger partial charge in [-0.25, -0.2) is 0 Å². The second-order valence-electron chi connectivity index (χ2n) is 5.16. The Hall–Kier alpha value is -1.33. The lowest BCUT2D eigenvalue weighted by Gasteiger charge is -2.00. The first kappa shape index (κ1) is 16.0. The third-order valence-corrected chi connectivity index (χ3v) is 3.94. The van der Waals surface area contributed by atoms with Gasteiger partial charge < -0.3 is 4.52 Å². The van der Waals surface area contributed by atoms with Crippen molar-refractivity contribution in [2.45, 2.75) is 37.3 Å². The van der Waals surface area contributed by atoms with Gasteiger partial charge in [-0.3, -0.25) is 4.79 Å². The summed E-state index contributed by atoms with van der Waals surface area (Å²) in [6.45, 7) is 4.03. The van der Waals surface area contributed by atoms with E-state index in [0.717, 1.165) is 4.90 Å². The van der Waals surface area contributed by atoms with Crippen LogP contribution in [0, 0.1) is 5.92 Å². The Kier molecular flexibility index (Phi) is 5.82. The number of ketones is 1. The lowest BCUT2D eigenvalue weighted by atomic mass is 10.1. The predicted molar refractivity (Wildman–Crippen MR) is 83.5 cm³/mol. The molecule has 0 aliphatic heterocycles. The van der Waals surface area contributed by atoms with Crippen LogP contribution in [0.1, 0.15) is 32.0 Å². The summed E-state index contributed by atoms with van der Waals surface area (Å²) in [5, 5.41) is 4.61. The molecule has 6 heteroatoms. The van der Waals surface area contributed by atoms with Crippen LogP contribution in [0.3, 0.4) is 0 Å². The van der Waals surface area contributed by atoms with E-state index >= 15 is 0 Å². The molecule has 0 N–H and O–H groups in total. The molecule has 0 spiro atoms. The third kappa shape index (κ3) is 5.52. The summed E-state index contributed by atoms with van der Waals surface area (Å²) in [5.41, 5.74) is 0. The second-order valence-corrected chi connectivity index (χ2v) is 6.65. The topological polar surface area (TPSA) is 56.0 Å². The van der Waals surface area contributed by atoms with Gasteiger partial charge in [0.05, 0.1) is 12.2 Å². The van der Waals surface area contributed by atoms with Crippen molar-refractivity contribution < 1.29 is 9.32 Å². The smallest absolute Gasteiger partial charge is 0.234 e. The molecule has 1 aromatic carbocycles. The van der Waals surface area contributed by atoms with Crippen molar-refractivity contribution >= 4 is 29.1 Å². The van der Waals surface area contributed by atoms with Crippen LogP contribution in [-0.2, 0) is 17.0 Å². The van der Waals surface area contributed by atoms with E-state index in [4.69, 9.17) is 16.1 Å². The molecule has 112 valence electrons. The molecule has 0 aliphatic rings. The first-order valence-corrected chi connectivity index (χ1v) is 8.11. The molecule has 2 rings (SSSR count). The van der Waals surface area contributed by atoms with E-state index in [1.165, 1.54) is 0 Å². The van der Waals surface area contributed by atoms with Crippen LogP contribution in [0.2, 0.25) is 5.02 Å². The molecule has 0 saturated carbocycles. The Bertz CT molecular complexity index is 596. The molecule has 0 fully saturated rings. The molecule has 0 atom stereocenters. The lowest BCUT2D eigenvalue weighted by molar-refractivity contribution is -0.119. The molecule has 0 amide bonds. The molecular formula is C15H17ClN2O2S. The second kappa shape index (κ2) is 7.61. The third-order valence-electron chi connectivity index (χ3n) is 2.68. The van der Waals surface area contributed by atoms with Gasteiger partial charge >= 0.3 is 0 Å². The molecule has 1 aromatic heterocycles. The molecular weight excluding hydrogens is 308 g/mol. The maximum Gasteiger partial charge on any atom is 0.234 e. The molecule has 0 aliphatic carbocycles. The highest BCUT2D eigenvalue weighted by atomic mass is 35.5. The van der Waals surface area contributed by atoms with Crippen molar-refractivity contribution in [2.75, 3.05) is 0 Å². The molecule has 4 nitrogen and oxygen atoms in total. The van der Waals surface area contributed by atoms with E-state index in [1.807, 2.05) is 38.1 Å². The van der Waals surface area contributed by atoms with Gasteiger partial charge in [0.2, 0.25) is 5.89 Å². The molecule has 0 radical (unpaired) electrons. The van der Waals surface area contributed by atoms with Gasteiger partial charge in [-0.05, 0) is 30.2 Å². The maximum absolute atomic E-state index is 11.7. The van der Waals surface area contributed by atoms with E-state index in [2.05, 4.69) is 10.1 Å². The first-order valence-electron chi connectivity index (χ1n) is 6.74. The zero-order valence-electron chi connectivity index (χ0n) is 12.0. The Morgan fingerprint density at radius 1 is 1.33 bits per heavy atom. The number of hydrogen-bond acceptors (Lipinski definition) is 5. The van der Waals surface area contributed by atoms with Gasteiger partial charge in [0.25, 0.3) is 0 Å². The number of aromatic nitrogens is 2. The van der Waals surface area contributed by atoms with E-state index in [0.29, 0.717) is 34.8 Å². The first-order chi connectivity index (χ1) is 10.0. The van der Waals surface area contributed by atoms with Gasteiger partial charge in [-0.15, -0.1) is 11.8 Å². The average Bonchev–Trinajstić information content (AvgIpc) is 2.84. The van der Waals surface area contributed by atoms with Crippen LogP contribution >= 0.6 is 23.4 Å². The fourth-order valence-electron chi connectivity index (χ4n) is 1.80. The number of carbonyl (C=O) groups excluding carboxylic acids is 1. The van der Waals surface area contributed by atoms with Crippen LogP contribution < -0.4 is 0 Å². The number of halogens is 1. The van der Waals surface area contributed by atoms with Crippen molar-refractivity contribution in [3.8, 4) is 0 Å². The van der Waals surface area contributed by atoms with Gasteiger partial charge in [0.15, 0.2) is 5.82 Å². The number of hydrogen-bond donors (Lipinski definition) is 0. The summed E-state index contributed by atoms with van der Waals surface area (Å²) in [7, 11) is 0. The van der Waals surface area contributed by atoms with E-state index in [1.54, 1.807) is 11.8 Å². The van der Waals surface area contributed by atoms with Gasteiger partial charge in [-0.1, -0.05) is 30.6 Å². The fourth-order valence-corrected chi connectivity index (χ4v) is 2.66. The quantitative estimate of drug-likeness (QED) is 0.715. The highest BCUT2D eigenvalue weighted by Crippen LogP contribution is 2.23. The van der Waals surface area contributed by atoms with Crippen LogP contribution in [0.5, 0.6) is 0 Å². The summed E-state index contributed by atoms with van der Waals surface area (Å²) in [4.78, 5) is 17.0. The summed E-state index contributed by atoms with van der Waals surface area (Å²) in [5.74, 6) is 2.07. The zero-order chi connectivity index (χ0) is 15.2. The zero-order valence-corrected chi connectivity index (χ0v) is 13.6. The molecule has 0 saturated heterocycles. The number of carbonyl (C=O) groups is 1. The van der Waals surface area contributed by atoms with Gasteiger partial charge in [0.1, 0.15) is 5.78 Å². The molecule has 1 heterocycles. The average molecular weight is 325 g/mol. The number of rotatable bonds is 7. The van der Waals surface area contributed by atoms with E-state index in [-0.39, 0.29) is 12.2 Å². The largest absolute Gasteiger partial charge is 0.339 e. The minimum Gasteiger partial charge on any atom is -0.339 e. The molecule has 0 unspecified atom stereocenters. The normalized spacial score (nSPS) is 11.0. The number of Topliss-reactive ketones (excluding diaryl/α,β-unsaturated/α-hetero) is 1. The summed E-state index contributed by atoms with van der Waals surface area (Å²) in [6, 6.07) is 7.58. The standard InChI is InChI=1S/C15H17ClN2O2S/c1-10(2)7-12(19)8-15-17-14(18-20-15)9-21-13-5-3-11(16)4-6-13/h3-6,10H,7-9H2,1-2H3. The minimum atomic E-state index is 0.130. The summed E-state index contributed by atoms with van der Waals surface area (Å²) in [6.07, 6.45) is 0.758. The Morgan fingerprint density at radius 2 is 2.05 bits per heavy atom. The Morgan fingerprint density at radius 3 is 2.71 bits per heavy atom. The molecule has 21 heavy (non-hydrogen) atoms. The predicted octanol–water partition coefficient (Wildman–Crippen LogP) is 4.17. The van der Waals surface area contributed by atoms with Gasteiger partial charge in [-0.2, -0.15) is 4.98 Å². The Balaban J connectivity index is 1.85. The van der Waals surface area contributed by atoms with E-state index < -0.39 is 0 Å². The number of benzene rings is 1. The number of nitrogens with zero attached hydrogens (tertiary/aromatic N) is 2. The number of thioether (sulfide) groups is 1. The molecule has 0 bridgehead atoms. The van der Waals surface area contributed by atoms with Crippen LogP contribution in [0.25, 0.3) is 0 Å². The maximum atomic E-state index is 11.7. The Labute approximate surface area is 133 Å². The monoisotopic (exact) mass is 324 g/mol. The van der Waals surface area contributed by atoms with Crippen LogP contribution in [-0.4, -0.2) is 15.9 Å². The summed E-state index contributed by atoms with van der Waals surface area (Å²) < 4.78 is 5.11. The lowest BCUT2D eigenvalue weighted by Crippen LogP contribution is -2.06. The summed E-state index contributed by atoms with van der Waals surface area (Å²) >= 11 is 7.43. The van der Waals surface area contributed by atoms with Crippen molar-refractivity contribution in [3.05, 3.63) is 41.0 Å². The van der Waals surface area contributed by atoms with Crippen LogP contribution in [0.15, 0.2) is 33.7 Å². The van der Waals surface area contributed by atoms with Gasteiger partial charge in [0, 0.05) is 16.3 Å². The van der Waals surface area contributed by atoms with Crippen molar-refractivity contribution in [1.29, 1.82) is 0 Å². The highest BCUT2D eigenvalue weighted by molar-refractivity contribution is 7.98. The van der Waals surface area contributed by atoms with Crippen molar-refractivity contribution in [1.82, 2.24) is 10.1 Å². The SMILES string of the molecule is CC(C)CC(=O)Cc1nc(CSc2ccc(Cl)cc2)no1. The fraction of sp³-hybridized carbons (Fsp3) is 0.400. The minimum absolute atomic E-state index is 0.130. The van der Waals surface area contributed by atoms with E-state index in [9.17, 15) is 4.79 Å².